The molecular weight excluding hydrogens is 264 g/mol. The highest BCUT2D eigenvalue weighted by Gasteiger charge is 2.40. The third-order valence-corrected chi connectivity index (χ3v) is 4.25. The molecule has 1 aromatic heterocycles. The van der Waals surface area contributed by atoms with Gasteiger partial charge in [0.1, 0.15) is 0 Å². The number of carboxylic acids is 1. The Labute approximate surface area is 116 Å². The Morgan fingerprint density at radius 2 is 2.26 bits per heavy atom. The summed E-state index contributed by atoms with van der Waals surface area (Å²) in [4.78, 5) is 24.5. The van der Waals surface area contributed by atoms with Gasteiger partial charge in [-0.2, -0.15) is 11.3 Å². The lowest BCUT2D eigenvalue weighted by Gasteiger charge is -2.42. The molecule has 0 saturated heterocycles. The van der Waals surface area contributed by atoms with E-state index in [1.165, 1.54) is 0 Å². The maximum absolute atomic E-state index is 12.1. The number of carbonyl (C=O) groups is 2. The second-order valence-corrected chi connectivity index (χ2v) is 5.90. The van der Waals surface area contributed by atoms with Crippen molar-refractivity contribution in [1.82, 2.24) is 10.2 Å². The molecule has 1 aliphatic rings. The summed E-state index contributed by atoms with van der Waals surface area (Å²) in [6, 6.07) is 1.78. The number of carboxylic acid groups (broad SMARTS) is 1. The van der Waals surface area contributed by atoms with Crippen LogP contribution in [0.1, 0.15) is 31.2 Å². The number of amides is 2. The first-order valence-electron chi connectivity index (χ1n) is 6.27. The van der Waals surface area contributed by atoms with Gasteiger partial charge >= 0.3 is 12.0 Å². The van der Waals surface area contributed by atoms with Crippen molar-refractivity contribution < 1.29 is 14.7 Å². The highest BCUT2D eigenvalue weighted by Crippen LogP contribution is 2.35. The molecule has 0 unspecified atom stereocenters. The first-order chi connectivity index (χ1) is 9.01. The zero-order valence-electron chi connectivity index (χ0n) is 10.9. The van der Waals surface area contributed by atoms with Gasteiger partial charge in [0.25, 0.3) is 0 Å². The van der Waals surface area contributed by atoms with E-state index in [-0.39, 0.29) is 12.5 Å². The number of rotatable bonds is 5. The minimum Gasteiger partial charge on any atom is -0.481 e. The zero-order chi connectivity index (χ0) is 13.9. The Morgan fingerprint density at radius 3 is 2.74 bits per heavy atom. The van der Waals surface area contributed by atoms with E-state index in [1.54, 1.807) is 23.3 Å². The molecular formula is C13H18N2O3S. The average Bonchev–Trinajstić information content (AvgIpc) is 2.78. The lowest BCUT2D eigenvalue weighted by atomic mass is 9.74. The number of urea groups is 1. The quantitative estimate of drug-likeness (QED) is 0.870. The van der Waals surface area contributed by atoms with Crippen LogP contribution in [0.15, 0.2) is 16.8 Å². The van der Waals surface area contributed by atoms with Crippen molar-refractivity contribution in [3.63, 3.8) is 0 Å². The van der Waals surface area contributed by atoms with Crippen molar-refractivity contribution >= 4 is 23.3 Å². The lowest BCUT2D eigenvalue weighted by Crippen LogP contribution is -2.57. The number of hydrogen-bond acceptors (Lipinski definition) is 3. The predicted molar refractivity (Wildman–Crippen MR) is 73.2 cm³/mol. The van der Waals surface area contributed by atoms with Gasteiger partial charge < -0.3 is 15.3 Å². The first-order valence-corrected chi connectivity index (χ1v) is 7.21. The molecule has 2 rings (SSSR count). The fourth-order valence-corrected chi connectivity index (χ4v) is 2.95. The van der Waals surface area contributed by atoms with Gasteiger partial charge in [0.2, 0.25) is 0 Å². The number of nitrogens with one attached hydrogen (secondary N) is 1. The topological polar surface area (TPSA) is 69.6 Å². The maximum Gasteiger partial charge on any atom is 0.317 e. The lowest BCUT2D eigenvalue weighted by molar-refractivity contribution is -0.139. The minimum absolute atomic E-state index is 0.00499. The van der Waals surface area contributed by atoms with Crippen LogP contribution in [0.25, 0.3) is 0 Å². The molecule has 0 aliphatic heterocycles. The van der Waals surface area contributed by atoms with Crippen molar-refractivity contribution in [2.24, 2.45) is 0 Å². The fraction of sp³-hybridized carbons (Fsp3) is 0.538. The third kappa shape index (κ3) is 3.47. The van der Waals surface area contributed by atoms with Gasteiger partial charge in [-0.15, -0.1) is 0 Å². The van der Waals surface area contributed by atoms with E-state index in [0.717, 1.165) is 24.8 Å². The van der Waals surface area contributed by atoms with Crippen molar-refractivity contribution in [3.05, 3.63) is 22.4 Å². The van der Waals surface area contributed by atoms with E-state index in [9.17, 15) is 9.59 Å². The number of thiophene rings is 1. The van der Waals surface area contributed by atoms with Gasteiger partial charge in [-0.05, 0) is 41.7 Å². The van der Waals surface area contributed by atoms with E-state index in [0.29, 0.717) is 6.54 Å². The van der Waals surface area contributed by atoms with Crippen LogP contribution in [-0.4, -0.2) is 34.6 Å². The molecule has 19 heavy (non-hydrogen) atoms. The molecule has 0 radical (unpaired) electrons. The molecule has 0 spiro atoms. The van der Waals surface area contributed by atoms with Crippen LogP contribution < -0.4 is 5.32 Å². The standard InChI is InChI=1S/C13H18N2O3S/c1-15(8-10-3-6-19-9-10)12(18)14-13(4-2-5-13)7-11(16)17/h3,6,9H,2,4-5,7-8H2,1H3,(H,14,18)(H,16,17). The largest absolute Gasteiger partial charge is 0.481 e. The highest BCUT2D eigenvalue weighted by molar-refractivity contribution is 7.07. The maximum atomic E-state index is 12.1. The average molecular weight is 282 g/mol. The molecule has 1 aromatic rings. The van der Waals surface area contributed by atoms with Crippen molar-refractivity contribution in [2.45, 2.75) is 37.8 Å². The number of hydrogen-bond donors (Lipinski definition) is 2. The van der Waals surface area contributed by atoms with E-state index >= 15 is 0 Å². The summed E-state index contributed by atoms with van der Waals surface area (Å²) in [5.41, 5.74) is 0.551. The van der Waals surface area contributed by atoms with Gasteiger partial charge in [-0.25, -0.2) is 4.79 Å². The van der Waals surface area contributed by atoms with Gasteiger partial charge in [0.05, 0.1) is 12.0 Å². The van der Waals surface area contributed by atoms with Crippen LogP contribution in [0.2, 0.25) is 0 Å². The Morgan fingerprint density at radius 1 is 1.53 bits per heavy atom. The van der Waals surface area contributed by atoms with Crippen LogP contribution in [0.3, 0.4) is 0 Å². The smallest absolute Gasteiger partial charge is 0.317 e. The Hall–Kier alpha value is -1.56. The molecule has 0 bridgehead atoms. The van der Waals surface area contributed by atoms with E-state index in [1.807, 2.05) is 16.8 Å². The van der Waals surface area contributed by atoms with E-state index < -0.39 is 11.5 Å². The Balaban J connectivity index is 1.90. The summed E-state index contributed by atoms with van der Waals surface area (Å²) in [6.45, 7) is 0.540. The summed E-state index contributed by atoms with van der Waals surface area (Å²) in [5.74, 6) is -0.861. The molecule has 6 heteroatoms. The minimum atomic E-state index is -0.861. The second kappa shape index (κ2) is 5.61. The van der Waals surface area contributed by atoms with Gasteiger partial charge in [0, 0.05) is 13.6 Å². The summed E-state index contributed by atoms with van der Waals surface area (Å²) in [5, 5.41) is 15.8. The molecule has 104 valence electrons. The SMILES string of the molecule is CN(Cc1ccsc1)C(=O)NC1(CC(=O)O)CCC1. The van der Waals surface area contributed by atoms with Crippen molar-refractivity contribution in [3.8, 4) is 0 Å². The predicted octanol–water partition coefficient (Wildman–Crippen LogP) is 2.29. The van der Waals surface area contributed by atoms with Crippen LogP contribution in [0, 0.1) is 0 Å². The summed E-state index contributed by atoms with van der Waals surface area (Å²) in [6.07, 6.45) is 2.47. The van der Waals surface area contributed by atoms with Crippen LogP contribution in [0.4, 0.5) is 4.79 Å². The van der Waals surface area contributed by atoms with Gasteiger partial charge in [0.15, 0.2) is 0 Å². The van der Waals surface area contributed by atoms with Crippen LogP contribution in [-0.2, 0) is 11.3 Å². The molecule has 1 saturated carbocycles. The summed E-state index contributed by atoms with van der Waals surface area (Å²) >= 11 is 1.59. The normalized spacial score (nSPS) is 16.5. The molecule has 0 atom stereocenters. The summed E-state index contributed by atoms with van der Waals surface area (Å²) < 4.78 is 0. The highest BCUT2D eigenvalue weighted by atomic mass is 32.1. The molecule has 0 aromatic carbocycles. The van der Waals surface area contributed by atoms with Gasteiger partial charge in [-0.1, -0.05) is 0 Å². The second-order valence-electron chi connectivity index (χ2n) is 5.12. The fourth-order valence-electron chi connectivity index (χ4n) is 2.29. The Bertz CT molecular complexity index is 454. The molecule has 1 heterocycles. The van der Waals surface area contributed by atoms with Crippen molar-refractivity contribution in [2.75, 3.05) is 7.05 Å². The Kier molecular flexibility index (Phi) is 4.09. The molecule has 5 nitrogen and oxygen atoms in total. The van der Waals surface area contributed by atoms with Crippen molar-refractivity contribution in [1.29, 1.82) is 0 Å². The van der Waals surface area contributed by atoms with E-state index in [4.69, 9.17) is 5.11 Å². The van der Waals surface area contributed by atoms with Crippen LogP contribution in [0.5, 0.6) is 0 Å². The molecule has 1 fully saturated rings. The molecule has 2 amide bonds. The number of carbonyl (C=O) groups excluding carboxylic acids is 1. The monoisotopic (exact) mass is 282 g/mol. The van der Waals surface area contributed by atoms with E-state index in [2.05, 4.69) is 5.32 Å². The van der Waals surface area contributed by atoms with Gasteiger partial charge in [-0.3, -0.25) is 4.79 Å². The molecule has 1 aliphatic carbocycles. The number of aliphatic carboxylic acids is 1. The zero-order valence-corrected chi connectivity index (χ0v) is 11.7. The third-order valence-electron chi connectivity index (χ3n) is 3.52. The number of nitrogens with zero attached hydrogens (tertiary/aromatic N) is 1. The van der Waals surface area contributed by atoms with Crippen LogP contribution >= 0.6 is 11.3 Å². The summed E-state index contributed by atoms with van der Waals surface area (Å²) in [7, 11) is 1.72. The first kappa shape index (κ1) is 13.9. The molecule has 2 N–H and O–H groups in total.